The highest BCUT2D eigenvalue weighted by Crippen LogP contribution is 2.37. The van der Waals surface area contributed by atoms with Gasteiger partial charge in [0, 0.05) is 17.5 Å². The molecule has 0 radical (unpaired) electrons. The maximum atomic E-state index is 13.5. The molecule has 0 saturated heterocycles. The summed E-state index contributed by atoms with van der Waals surface area (Å²) in [5.41, 5.74) is 0.708. The van der Waals surface area contributed by atoms with Crippen molar-refractivity contribution in [1.29, 1.82) is 0 Å². The molecule has 1 aromatic rings. The van der Waals surface area contributed by atoms with Crippen LogP contribution in [0.4, 0.5) is 8.78 Å². The fourth-order valence-corrected chi connectivity index (χ4v) is 2.09. The second-order valence-corrected chi connectivity index (χ2v) is 4.10. The van der Waals surface area contributed by atoms with Crippen molar-refractivity contribution in [1.82, 2.24) is 5.32 Å². The molecule has 0 spiro atoms. The summed E-state index contributed by atoms with van der Waals surface area (Å²) in [6, 6.07) is 2.78. The Kier molecular flexibility index (Phi) is 3.10. The molecular weight excluding hydrogens is 212 g/mol. The molecule has 16 heavy (non-hydrogen) atoms. The van der Waals surface area contributed by atoms with E-state index in [1.807, 2.05) is 13.8 Å². The van der Waals surface area contributed by atoms with Gasteiger partial charge in [0.25, 0.3) is 0 Å². The molecule has 4 heteroatoms. The molecule has 0 fully saturated rings. The number of fused-ring (bicyclic) bond motifs is 1. The molecular formula is C12H15F2NO. The minimum Gasteiger partial charge on any atom is -0.490 e. The van der Waals surface area contributed by atoms with Crippen LogP contribution in [0.2, 0.25) is 0 Å². The molecule has 1 aromatic carbocycles. The third-order valence-electron chi connectivity index (χ3n) is 2.90. The second-order valence-electron chi connectivity index (χ2n) is 4.10. The summed E-state index contributed by atoms with van der Waals surface area (Å²) in [4.78, 5) is 0. The van der Waals surface area contributed by atoms with E-state index in [-0.39, 0.29) is 17.7 Å². The lowest BCUT2D eigenvalue weighted by molar-refractivity contribution is 0.179. The Morgan fingerprint density at radius 1 is 1.44 bits per heavy atom. The van der Waals surface area contributed by atoms with Gasteiger partial charge in [-0.3, -0.25) is 0 Å². The fourth-order valence-electron chi connectivity index (χ4n) is 2.09. The first-order valence-electron chi connectivity index (χ1n) is 5.49. The second kappa shape index (κ2) is 4.37. The van der Waals surface area contributed by atoms with Gasteiger partial charge >= 0.3 is 0 Å². The van der Waals surface area contributed by atoms with Crippen LogP contribution in [0, 0.1) is 17.6 Å². The van der Waals surface area contributed by atoms with Crippen molar-refractivity contribution < 1.29 is 13.5 Å². The molecule has 2 nitrogen and oxygen atoms in total. The van der Waals surface area contributed by atoms with Crippen LogP contribution in [0.25, 0.3) is 0 Å². The van der Waals surface area contributed by atoms with Crippen molar-refractivity contribution in [3.63, 3.8) is 0 Å². The maximum Gasteiger partial charge on any atom is 0.200 e. The summed E-state index contributed by atoms with van der Waals surface area (Å²) in [5.74, 6) is -1.43. The van der Waals surface area contributed by atoms with Crippen molar-refractivity contribution >= 4 is 0 Å². The average molecular weight is 227 g/mol. The lowest BCUT2D eigenvalue weighted by Gasteiger charge is -2.32. The lowest BCUT2D eigenvalue weighted by atomic mass is 9.92. The topological polar surface area (TPSA) is 21.3 Å². The molecule has 0 bridgehead atoms. The summed E-state index contributed by atoms with van der Waals surface area (Å²) < 4.78 is 31.8. The third-order valence-corrected chi connectivity index (χ3v) is 2.90. The molecule has 1 heterocycles. The summed E-state index contributed by atoms with van der Waals surface area (Å²) in [6.45, 7) is 5.21. The predicted molar refractivity (Wildman–Crippen MR) is 57.4 cm³/mol. The number of hydrogen-bond donors (Lipinski definition) is 1. The van der Waals surface area contributed by atoms with Crippen molar-refractivity contribution in [2.24, 2.45) is 5.92 Å². The number of halogens is 2. The zero-order chi connectivity index (χ0) is 11.7. The van der Waals surface area contributed by atoms with Crippen molar-refractivity contribution in [2.45, 2.75) is 19.9 Å². The van der Waals surface area contributed by atoms with E-state index in [0.29, 0.717) is 12.2 Å². The third kappa shape index (κ3) is 1.78. The Morgan fingerprint density at radius 3 is 2.88 bits per heavy atom. The van der Waals surface area contributed by atoms with Gasteiger partial charge in [0.05, 0.1) is 6.61 Å². The van der Waals surface area contributed by atoms with Gasteiger partial charge in [0.15, 0.2) is 11.6 Å². The van der Waals surface area contributed by atoms with E-state index in [2.05, 4.69) is 5.32 Å². The molecule has 88 valence electrons. The van der Waals surface area contributed by atoms with E-state index in [9.17, 15) is 8.78 Å². The van der Waals surface area contributed by atoms with E-state index >= 15 is 0 Å². The first kappa shape index (κ1) is 11.3. The van der Waals surface area contributed by atoms with Gasteiger partial charge in [-0.25, -0.2) is 4.39 Å². The number of benzene rings is 1. The first-order chi connectivity index (χ1) is 7.65. The van der Waals surface area contributed by atoms with Crippen molar-refractivity contribution in [2.75, 3.05) is 13.2 Å². The van der Waals surface area contributed by atoms with E-state index in [0.717, 1.165) is 12.6 Å². The average Bonchev–Trinajstić information content (AvgIpc) is 2.27. The Morgan fingerprint density at radius 2 is 2.19 bits per heavy atom. The molecule has 1 aliphatic rings. The van der Waals surface area contributed by atoms with Gasteiger partial charge in [0.1, 0.15) is 0 Å². The number of hydrogen-bond acceptors (Lipinski definition) is 2. The van der Waals surface area contributed by atoms with Crippen LogP contribution >= 0.6 is 0 Å². The first-order valence-corrected chi connectivity index (χ1v) is 5.49. The van der Waals surface area contributed by atoms with Gasteiger partial charge in [0.2, 0.25) is 5.82 Å². The number of nitrogens with one attached hydrogen (secondary N) is 1. The van der Waals surface area contributed by atoms with Crippen molar-refractivity contribution in [3.05, 3.63) is 29.3 Å². The fraction of sp³-hybridized carbons (Fsp3) is 0.500. The molecule has 0 aromatic heterocycles. The van der Waals surface area contributed by atoms with Crippen molar-refractivity contribution in [3.8, 4) is 5.75 Å². The summed E-state index contributed by atoms with van der Waals surface area (Å²) >= 11 is 0. The van der Waals surface area contributed by atoms with E-state index < -0.39 is 11.6 Å². The van der Waals surface area contributed by atoms with E-state index in [1.54, 1.807) is 6.07 Å². The zero-order valence-corrected chi connectivity index (χ0v) is 9.39. The predicted octanol–water partition coefficient (Wildman–Crippen LogP) is 2.64. The minimum absolute atomic E-state index is 0.0313. The van der Waals surface area contributed by atoms with Crippen LogP contribution in [0.3, 0.4) is 0 Å². The zero-order valence-electron chi connectivity index (χ0n) is 9.39. The monoisotopic (exact) mass is 227 g/mol. The number of ether oxygens (including phenoxy) is 1. The molecule has 0 saturated carbocycles. The Labute approximate surface area is 93.6 Å². The highest BCUT2D eigenvalue weighted by molar-refractivity contribution is 5.40. The van der Waals surface area contributed by atoms with Crippen LogP contribution < -0.4 is 10.1 Å². The van der Waals surface area contributed by atoms with Gasteiger partial charge < -0.3 is 10.1 Å². The van der Waals surface area contributed by atoms with Crippen LogP contribution in [0.1, 0.15) is 25.5 Å². The maximum absolute atomic E-state index is 13.5. The highest BCUT2D eigenvalue weighted by Gasteiger charge is 2.30. The molecule has 1 aliphatic heterocycles. The van der Waals surface area contributed by atoms with E-state index in [4.69, 9.17) is 4.74 Å². The summed E-state index contributed by atoms with van der Waals surface area (Å²) in [5, 5.41) is 3.27. The molecule has 2 atom stereocenters. The summed E-state index contributed by atoms with van der Waals surface area (Å²) in [6.07, 6.45) is 0. The highest BCUT2D eigenvalue weighted by atomic mass is 19.2. The number of rotatable bonds is 2. The normalized spacial score (nSPS) is 23.8. The Hall–Kier alpha value is -1.16. The van der Waals surface area contributed by atoms with Crippen LogP contribution in [0.15, 0.2) is 12.1 Å². The Bertz CT molecular complexity index is 395. The standard InChI is InChI=1S/C12H15F2NO/c1-3-15-11-7(2)6-16-12-8(11)4-5-9(13)10(12)14/h4-5,7,11,15H,3,6H2,1-2H3. The smallest absolute Gasteiger partial charge is 0.200 e. The quantitative estimate of drug-likeness (QED) is 0.838. The molecule has 2 unspecified atom stereocenters. The Balaban J connectivity index is 2.44. The SMILES string of the molecule is CCNC1c2ccc(F)c(F)c2OCC1C. The van der Waals surface area contributed by atoms with Gasteiger partial charge in [-0.05, 0) is 12.6 Å². The van der Waals surface area contributed by atoms with Crippen LogP contribution in [0.5, 0.6) is 5.75 Å². The van der Waals surface area contributed by atoms with Crippen LogP contribution in [-0.4, -0.2) is 13.2 Å². The molecule has 2 rings (SSSR count). The molecule has 1 N–H and O–H groups in total. The van der Waals surface area contributed by atoms with Gasteiger partial charge in [-0.15, -0.1) is 0 Å². The van der Waals surface area contributed by atoms with Crippen LogP contribution in [-0.2, 0) is 0 Å². The largest absolute Gasteiger partial charge is 0.490 e. The van der Waals surface area contributed by atoms with E-state index in [1.165, 1.54) is 0 Å². The van der Waals surface area contributed by atoms with Gasteiger partial charge in [-0.2, -0.15) is 4.39 Å². The summed E-state index contributed by atoms with van der Waals surface area (Å²) in [7, 11) is 0. The molecule has 0 amide bonds. The molecule has 0 aliphatic carbocycles. The minimum atomic E-state index is -0.882. The lowest BCUT2D eigenvalue weighted by Crippen LogP contribution is -2.34. The van der Waals surface area contributed by atoms with Gasteiger partial charge in [-0.1, -0.05) is 19.9 Å².